The summed E-state index contributed by atoms with van der Waals surface area (Å²) in [5.74, 6) is -2.02. The molecule has 0 unspecified atom stereocenters. The zero-order chi connectivity index (χ0) is 27.9. The smallest absolute Gasteiger partial charge is 0.251 e. The van der Waals surface area contributed by atoms with Crippen LogP contribution < -0.4 is 14.9 Å². The fraction of sp³-hybridized carbons (Fsp3) is 0.321. The van der Waals surface area contributed by atoms with Crippen molar-refractivity contribution in [2.24, 2.45) is 0 Å². The molecule has 10 heteroatoms. The lowest BCUT2D eigenvalue weighted by Crippen LogP contribution is -2.48. The standard InChI is InChI=1S/C28H33F2N3O4S/c1-4-19-6-5-7-20(12-19)17-31-18-27(34)26(15-21-13-23(29)16-24(30)14-21)32-28(35)22-8-10-25(11-9-22)33(2)38(3,36)37/h5-14,16,26-27,31,34H,4,15,17-18H2,1-3H3,(H,32,35)/t26-,27+/m0/s1. The van der Waals surface area contributed by atoms with Crippen LogP contribution in [0.3, 0.4) is 0 Å². The molecule has 0 spiro atoms. The van der Waals surface area contributed by atoms with Gasteiger partial charge in [-0.3, -0.25) is 9.10 Å². The van der Waals surface area contributed by atoms with E-state index in [0.717, 1.165) is 40.7 Å². The fourth-order valence-corrected chi connectivity index (χ4v) is 4.50. The van der Waals surface area contributed by atoms with Gasteiger partial charge in [0.25, 0.3) is 5.91 Å². The zero-order valence-electron chi connectivity index (χ0n) is 21.6. The Kier molecular flexibility index (Phi) is 9.96. The molecule has 38 heavy (non-hydrogen) atoms. The zero-order valence-corrected chi connectivity index (χ0v) is 22.4. The molecule has 0 aliphatic rings. The number of carbonyl (C=O) groups is 1. The third kappa shape index (κ3) is 8.34. The maximum absolute atomic E-state index is 13.8. The van der Waals surface area contributed by atoms with Crippen molar-refractivity contribution in [3.05, 3.63) is 101 Å². The average Bonchev–Trinajstić information content (AvgIpc) is 2.86. The fourth-order valence-electron chi connectivity index (χ4n) is 4.00. The Balaban J connectivity index is 1.73. The summed E-state index contributed by atoms with van der Waals surface area (Å²) in [7, 11) is -2.06. The first-order valence-electron chi connectivity index (χ1n) is 12.2. The normalized spacial score (nSPS) is 13.1. The summed E-state index contributed by atoms with van der Waals surface area (Å²) in [5.41, 5.74) is 3.14. The van der Waals surface area contributed by atoms with Gasteiger partial charge < -0.3 is 15.7 Å². The molecule has 3 N–H and O–H groups in total. The molecule has 0 fully saturated rings. The third-order valence-corrected chi connectivity index (χ3v) is 7.44. The number of carbonyl (C=O) groups excluding carboxylic acids is 1. The largest absolute Gasteiger partial charge is 0.390 e. The number of aryl methyl sites for hydroxylation is 1. The summed E-state index contributed by atoms with van der Waals surface area (Å²) in [6.07, 6.45) is 0.892. The van der Waals surface area contributed by atoms with Crippen molar-refractivity contribution in [2.75, 3.05) is 24.2 Å². The van der Waals surface area contributed by atoms with Crippen molar-refractivity contribution in [3.63, 3.8) is 0 Å². The summed E-state index contributed by atoms with van der Waals surface area (Å²) >= 11 is 0. The molecule has 3 aromatic carbocycles. The van der Waals surface area contributed by atoms with Crippen LogP contribution in [0.4, 0.5) is 14.5 Å². The second-order valence-electron chi connectivity index (χ2n) is 9.21. The number of rotatable bonds is 12. The van der Waals surface area contributed by atoms with E-state index < -0.39 is 39.7 Å². The van der Waals surface area contributed by atoms with Crippen LogP contribution in [-0.2, 0) is 29.4 Å². The molecule has 0 saturated heterocycles. The Morgan fingerprint density at radius 1 is 0.974 bits per heavy atom. The van der Waals surface area contributed by atoms with Crippen LogP contribution in [0.5, 0.6) is 0 Å². The average molecular weight is 546 g/mol. The highest BCUT2D eigenvalue weighted by Gasteiger charge is 2.23. The van der Waals surface area contributed by atoms with Gasteiger partial charge in [-0.1, -0.05) is 31.2 Å². The number of aliphatic hydroxyl groups excluding tert-OH is 1. The quantitative estimate of drug-likeness (QED) is 0.324. The van der Waals surface area contributed by atoms with Crippen LogP contribution in [0.15, 0.2) is 66.7 Å². The topological polar surface area (TPSA) is 98.7 Å². The van der Waals surface area contributed by atoms with Gasteiger partial charge in [-0.2, -0.15) is 0 Å². The van der Waals surface area contributed by atoms with E-state index in [2.05, 4.69) is 23.6 Å². The number of benzene rings is 3. The predicted octanol–water partition coefficient (Wildman–Crippen LogP) is 3.41. The molecule has 1 amide bonds. The van der Waals surface area contributed by atoms with E-state index in [4.69, 9.17) is 0 Å². The number of sulfonamides is 1. The molecule has 204 valence electrons. The Morgan fingerprint density at radius 3 is 2.21 bits per heavy atom. The molecule has 7 nitrogen and oxygen atoms in total. The minimum absolute atomic E-state index is 0.0104. The lowest BCUT2D eigenvalue weighted by molar-refractivity contribution is 0.0830. The van der Waals surface area contributed by atoms with Crippen LogP contribution in [-0.4, -0.2) is 51.4 Å². The lowest BCUT2D eigenvalue weighted by Gasteiger charge is -2.25. The monoisotopic (exact) mass is 545 g/mol. The highest BCUT2D eigenvalue weighted by molar-refractivity contribution is 7.92. The number of aliphatic hydroxyl groups is 1. The number of anilines is 1. The highest BCUT2D eigenvalue weighted by Crippen LogP contribution is 2.17. The van der Waals surface area contributed by atoms with Gasteiger partial charge in [-0.15, -0.1) is 0 Å². The van der Waals surface area contributed by atoms with Gasteiger partial charge in [0.05, 0.1) is 24.1 Å². The van der Waals surface area contributed by atoms with Crippen molar-refractivity contribution < 1.29 is 27.1 Å². The number of hydrogen-bond donors (Lipinski definition) is 3. The second kappa shape index (κ2) is 12.9. The van der Waals surface area contributed by atoms with Gasteiger partial charge in [0.2, 0.25) is 10.0 Å². The van der Waals surface area contributed by atoms with Crippen molar-refractivity contribution in [2.45, 2.75) is 38.5 Å². The van der Waals surface area contributed by atoms with Crippen LogP contribution in [0.1, 0.15) is 34.0 Å². The van der Waals surface area contributed by atoms with Gasteiger partial charge in [0, 0.05) is 31.8 Å². The molecular weight excluding hydrogens is 512 g/mol. The predicted molar refractivity (Wildman–Crippen MR) is 145 cm³/mol. The lowest BCUT2D eigenvalue weighted by atomic mass is 10.00. The van der Waals surface area contributed by atoms with E-state index in [1.165, 1.54) is 36.9 Å². The summed E-state index contributed by atoms with van der Waals surface area (Å²) in [6.45, 7) is 2.68. The summed E-state index contributed by atoms with van der Waals surface area (Å²) < 4.78 is 52.2. The van der Waals surface area contributed by atoms with Gasteiger partial charge >= 0.3 is 0 Å². The van der Waals surface area contributed by atoms with E-state index in [9.17, 15) is 27.1 Å². The van der Waals surface area contributed by atoms with Crippen LogP contribution in [0, 0.1) is 11.6 Å². The first-order valence-corrected chi connectivity index (χ1v) is 14.1. The third-order valence-electron chi connectivity index (χ3n) is 6.23. The minimum atomic E-state index is -3.46. The second-order valence-corrected chi connectivity index (χ2v) is 11.2. The molecule has 0 bridgehead atoms. The van der Waals surface area contributed by atoms with Gasteiger partial charge in [0.1, 0.15) is 11.6 Å². The van der Waals surface area contributed by atoms with E-state index in [1.54, 1.807) is 0 Å². The first kappa shape index (κ1) is 29.2. The van der Waals surface area contributed by atoms with Crippen molar-refractivity contribution in [1.82, 2.24) is 10.6 Å². The maximum atomic E-state index is 13.8. The van der Waals surface area contributed by atoms with Gasteiger partial charge in [-0.25, -0.2) is 17.2 Å². The highest BCUT2D eigenvalue weighted by atomic mass is 32.2. The molecule has 3 aromatic rings. The summed E-state index contributed by atoms with van der Waals surface area (Å²) in [6, 6.07) is 16.2. The minimum Gasteiger partial charge on any atom is -0.390 e. The molecule has 0 aromatic heterocycles. The van der Waals surface area contributed by atoms with Crippen LogP contribution >= 0.6 is 0 Å². The number of halogens is 2. The molecule has 0 radical (unpaired) electrons. The number of nitrogens with one attached hydrogen (secondary N) is 2. The summed E-state index contributed by atoms with van der Waals surface area (Å²) in [4.78, 5) is 13.0. The van der Waals surface area contributed by atoms with E-state index in [1.807, 2.05) is 18.2 Å². The molecule has 0 aliphatic carbocycles. The maximum Gasteiger partial charge on any atom is 0.251 e. The van der Waals surface area contributed by atoms with Crippen molar-refractivity contribution >= 4 is 21.6 Å². The van der Waals surface area contributed by atoms with E-state index >= 15 is 0 Å². The van der Waals surface area contributed by atoms with Crippen molar-refractivity contribution in [1.29, 1.82) is 0 Å². The summed E-state index contributed by atoms with van der Waals surface area (Å²) in [5, 5.41) is 16.9. The molecular formula is C28H33F2N3O4S. The first-order chi connectivity index (χ1) is 18.0. The van der Waals surface area contributed by atoms with Crippen LogP contribution in [0.25, 0.3) is 0 Å². The molecule has 2 atom stereocenters. The van der Waals surface area contributed by atoms with Gasteiger partial charge in [-0.05, 0) is 65.9 Å². The molecule has 0 aliphatic heterocycles. The van der Waals surface area contributed by atoms with Crippen molar-refractivity contribution in [3.8, 4) is 0 Å². The SMILES string of the molecule is CCc1cccc(CNC[C@@H](O)[C@H](Cc2cc(F)cc(F)c2)NC(=O)c2ccc(N(C)S(C)(=O)=O)cc2)c1. The van der Waals surface area contributed by atoms with E-state index in [0.29, 0.717) is 12.2 Å². The number of amides is 1. The molecule has 0 heterocycles. The Hall–Kier alpha value is -3.34. The Morgan fingerprint density at radius 2 is 1.61 bits per heavy atom. The number of nitrogens with zero attached hydrogens (tertiary/aromatic N) is 1. The van der Waals surface area contributed by atoms with Crippen LogP contribution in [0.2, 0.25) is 0 Å². The van der Waals surface area contributed by atoms with Gasteiger partial charge in [0.15, 0.2) is 0 Å². The van der Waals surface area contributed by atoms with E-state index in [-0.39, 0.29) is 24.1 Å². The molecule has 0 saturated carbocycles. The molecule has 3 rings (SSSR count). The Bertz CT molecular complexity index is 1330. The number of hydrogen-bond acceptors (Lipinski definition) is 5. The Labute approximate surface area is 222 Å².